The smallest absolute Gasteiger partial charge is 0.283 e. The molecule has 3 amide bonds. The number of methoxy groups -OCH3 is 1. The van der Waals surface area contributed by atoms with Gasteiger partial charge in [-0.3, -0.25) is 14.4 Å². The summed E-state index contributed by atoms with van der Waals surface area (Å²) in [5, 5.41) is 5.61. The number of hydrogen-bond donors (Lipinski definition) is 2. The summed E-state index contributed by atoms with van der Waals surface area (Å²) < 4.78 is 10.4. The first kappa shape index (κ1) is 22.4. The molecule has 0 atom stereocenters. The van der Waals surface area contributed by atoms with Crippen LogP contribution in [0.1, 0.15) is 16.1 Å². The van der Waals surface area contributed by atoms with Crippen LogP contribution in [-0.4, -0.2) is 24.8 Å². The second kappa shape index (κ2) is 9.40. The number of nitrogens with zero attached hydrogens (tertiary/aromatic N) is 1. The Morgan fingerprint density at radius 1 is 1.06 bits per heavy atom. The number of imide groups is 1. The predicted octanol–water partition coefficient (Wildman–Crippen LogP) is 4.31. The van der Waals surface area contributed by atoms with Crippen LogP contribution in [0, 0.1) is 0 Å². The van der Waals surface area contributed by atoms with E-state index < -0.39 is 11.8 Å². The topological polar surface area (TPSA) is 101 Å². The third kappa shape index (κ3) is 4.57. The molecule has 2 heterocycles. The second-order valence-electron chi connectivity index (χ2n) is 6.92. The SMILES string of the molecule is COc1ccc(Cl)cc1N1C(=O)C(Cl)=C(Nc2cccc(C(=O)NCc3ccco3)c2)C1=O. The van der Waals surface area contributed by atoms with E-state index in [1.54, 1.807) is 42.5 Å². The van der Waals surface area contributed by atoms with Crippen molar-refractivity contribution in [3.63, 3.8) is 0 Å². The van der Waals surface area contributed by atoms with Crippen molar-refractivity contribution in [1.82, 2.24) is 5.32 Å². The fraction of sp³-hybridized carbons (Fsp3) is 0.0870. The van der Waals surface area contributed by atoms with Crippen molar-refractivity contribution in [2.75, 3.05) is 17.3 Å². The zero-order valence-electron chi connectivity index (χ0n) is 17.2. The van der Waals surface area contributed by atoms with Gasteiger partial charge in [0.05, 0.1) is 25.6 Å². The molecule has 0 saturated carbocycles. The molecule has 4 rings (SSSR count). The van der Waals surface area contributed by atoms with Gasteiger partial charge >= 0.3 is 0 Å². The zero-order valence-corrected chi connectivity index (χ0v) is 18.7. The van der Waals surface area contributed by atoms with E-state index in [2.05, 4.69) is 10.6 Å². The fourth-order valence-electron chi connectivity index (χ4n) is 3.23. The first-order chi connectivity index (χ1) is 15.9. The Kier molecular flexibility index (Phi) is 6.39. The fourth-order valence-corrected chi connectivity index (χ4v) is 3.61. The standard InChI is InChI=1S/C23H17Cl2N3O5/c1-32-18-8-7-14(24)11-17(18)28-22(30)19(25)20(23(28)31)27-15-5-2-4-13(10-15)21(29)26-12-16-6-3-9-33-16/h2-11,27H,12H2,1H3,(H,26,29). The molecular weight excluding hydrogens is 469 g/mol. The number of carbonyl (C=O) groups is 3. The van der Waals surface area contributed by atoms with E-state index in [9.17, 15) is 14.4 Å². The van der Waals surface area contributed by atoms with Gasteiger partial charge in [-0.25, -0.2) is 4.90 Å². The number of anilines is 2. The Balaban J connectivity index is 1.54. The highest BCUT2D eigenvalue weighted by atomic mass is 35.5. The molecular formula is C23H17Cl2N3O5. The van der Waals surface area contributed by atoms with E-state index in [4.69, 9.17) is 32.4 Å². The first-order valence-corrected chi connectivity index (χ1v) is 10.4. The molecule has 0 aliphatic carbocycles. The summed E-state index contributed by atoms with van der Waals surface area (Å²) in [6.45, 7) is 0.226. The molecule has 33 heavy (non-hydrogen) atoms. The Morgan fingerprint density at radius 2 is 1.88 bits per heavy atom. The van der Waals surface area contributed by atoms with Crippen LogP contribution in [0.4, 0.5) is 11.4 Å². The molecule has 2 aromatic carbocycles. The van der Waals surface area contributed by atoms with Crippen LogP contribution in [0.2, 0.25) is 5.02 Å². The van der Waals surface area contributed by atoms with Gasteiger partial charge in [0, 0.05) is 16.3 Å². The van der Waals surface area contributed by atoms with Gasteiger partial charge in [-0.2, -0.15) is 0 Å². The lowest BCUT2D eigenvalue weighted by atomic mass is 10.2. The van der Waals surface area contributed by atoms with Crippen LogP contribution in [0.3, 0.4) is 0 Å². The number of amides is 3. The van der Waals surface area contributed by atoms with Crippen LogP contribution < -0.4 is 20.3 Å². The number of nitrogens with one attached hydrogen (secondary N) is 2. The molecule has 168 valence electrons. The van der Waals surface area contributed by atoms with Crippen molar-refractivity contribution >= 4 is 52.3 Å². The lowest BCUT2D eigenvalue weighted by Crippen LogP contribution is -2.32. The lowest BCUT2D eigenvalue weighted by Gasteiger charge is -2.18. The molecule has 0 bridgehead atoms. The van der Waals surface area contributed by atoms with Gasteiger partial charge < -0.3 is 19.8 Å². The Hall–Kier alpha value is -3.75. The predicted molar refractivity (Wildman–Crippen MR) is 123 cm³/mol. The second-order valence-corrected chi connectivity index (χ2v) is 7.73. The molecule has 1 aromatic heterocycles. The number of benzene rings is 2. The lowest BCUT2D eigenvalue weighted by molar-refractivity contribution is -0.120. The van der Waals surface area contributed by atoms with Crippen LogP contribution >= 0.6 is 23.2 Å². The highest BCUT2D eigenvalue weighted by Gasteiger charge is 2.40. The molecule has 3 aromatic rings. The minimum Gasteiger partial charge on any atom is -0.495 e. The zero-order chi connectivity index (χ0) is 23.5. The molecule has 0 saturated heterocycles. The Bertz CT molecular complexity index is 1270. The summed E-state index contributed by atoms with van der Waals surface area (Å²) in [5.74, 6) is -0.854. The van der Waals surface area contributed by atoms with Gasteiger partial charge in [-0.05, 0) is 48.5 Å². The molecule has 1 aliphatic heterocycles. The monoisotopic (exact) mass is 485 g/mol. The average molecular weight is 486 g/mol. The number of carbonyl (C=O) groups excluding carboxylic acids is 3. The summed E-state index contributed by atoms with van der Waals surface area (Å²) >= 11 is 12.2. The number of rotatable bonds is 7. The molecule has 0 radical (unpaired) electrons. The van der Waals surface area contributed by atoms with E-state index in [0.717, 1.165) is 4.90 Å². The molecule has 8 nitrogen and oxygen atoms in total. The third-order valence-electron chi connectivity index (χ3n) is 4.81. The summed E-state index contributed by atoms with van der Waals surface area (Å²) in [6.07, 6.45) is 1.52. The number of furan rings is 1. The highest BCUT2D eigenvalue weighted by molar-refractivity contribution is 6.53. The largest absolute Gasteiger partial charge is 0.495 e. The normalized spacial score (nSPS) is 13.5. The van der Waals surface area contributed by atoms with E-state index in [1.807, 2.05) is 0 Å². The average Bonchev–Trinajstić information content (AvgIpc) is 3.41. The van der Waals surface area contributed by atoms with Crippen molar-refractivity contribution in [3.05, 3.63) is 87.9 Å². The van der Waals surface area contributed by atoms with Gasteiger partial charge in [0.1, 0.15) is 22.2 Å². The first-order valence-electron chi connectivity index (χ1n) is 9.69. The van der Waals surface area contributed by atoms with Crippen molar-refractivity contribution in [1.29, 1.82) is 0 Å². The van der Waals surface area contributed by atoms with Crippen LogP contribution in [0.15, 0.2) is 76.0 Å². The Morgan fingerprint density at radius 3 is 2.61 bits per heavy atom. The van der Waals surface area contributed by atoms with Crippen LogP contribution in [-0.2, 0) is 16.1 Å². The van der Waals surface area contributed by atoms with E-state index in [0.29, 0.717) is 22.0 Å². The van der Waals surface area contributed by atoms with Crippen LogP contribution in [0.5, 0.6) is 5.75 Å². The molecule has 1 aliphatic rings. The van der Waals surface area contributed by atoms with Crippen molar-refractivity contribution < 1.29 is 23.5 Å². The number of hydrogen-bond acceptors (Lipinski definition) is 6. The molecule has 2 N–H and O–H groups in total. The molecule has 0 spiro atoms. The summed E-state index contributed by atoms with van der Waals surface area (Å²) in [7, 11) is 1.41. The van der Waals surface area contributed by atoms with Crippen molar-refractivity contribution in [2.45, 2.75) is 6.54 Å². The van der Waals surface area contributed by atoms with Crippen molar-refractivity contribution in [3.8, 4) is 5.75 Å². The number of ether oxygens (including phenoxy) is 1. The molecule has 10 heteroatoms. The van der Waals surface area contributed by atoms with Crippen molar-refractivity contribution in [2.24, 2.45) is 0 Å². The van der Waals surface area contributed by atoms with E-state index in [1.165, 1.54) is 25.5 Å². The number of halogens is 2. The minimum absolute atomic E-state index is 0.128. The quantitative estimate of drug-likeness (QED) is 0.483. The van der Waals surface area contributed by atoms with Gasteiger partial charge in [-0.15, -0.1) is 0 Å². The van der Waals surface area contributed by atoms with E-state index in [-0.39, 0.29) is 34.6 Å². The molecule has 0 unspecified atom stereocenters. The maximum atomic E-state index is 13.1. The van der Waals surface area contributed by atoms with Gasteiger partial charge in [0.2, 0.25) is 0 Å². The minimum atomic E-state index is -0.725. The van der Waals surface area contributed by atoms with Gasteiger partial charge in [-0.1, -0.05) is 29.3 Å². The maximum absolute atomic E-state index is 13.1. The summed E-state index contributed by atoms with van der Waals surface area (Å²) in [6, 6.07) is 14.5. The maximum Gasteiger partial charge on any atom is 0.283 e. The van der Waals surface area contributed by atoms with Gasteiger partial charge in [0.15, 0.2) is 0 Å². The highest BCUT2D eigenvalue weighted by Crippen LogP contribution is 2.37. The summed E-state index contributed by atoms with van der Waals surface area (Å²) in [5.41, 5.74) is 0.779. The third-order valence-corrected chi connectivity index (χ3v) is 5.39. The van der Waals surface area contributed by atoms with Gasteiger partial charge in [0.25, 0.3) is 17.7 Å². The summed E-state index contributed by atoms with van der Waals surface area (Å²) in [4.78, 5) is 39.2. The van der Waals surface area contributed by atoms with Crippen LogP contribution in [0.25, 0.3) is 0 Å². The Labute approximate surface area is 198 Å². The molecule has 0 fully saturated rings. The van der Waals surface area contributed by atoms with E-state index >= 15 is 0 Å².